The molecule has 0 amide bonds. The summed E-state index contributed by atoms with van der Waals surface area (Å²) in [6.45, 7) is 1.95. The number of benzene rings is 2. The van der Waals surface area contributed by atoms with Crippen LogP contribution in [-0.4, -0.2) is 13.5 Å². The first kappa shape index (κ1) is 13.6. The predicted octanol–water partition coefficient (Wildman–Crippen LogP) is 2.18. The third kappa shape index (κ3) is 3.33. The molecule has 100 valence electrons. The van der Waals surface area contributed by atoms with Crippen LogP contribution in [0.4, 0.5) is 0 Å². The minimum atomic E-state index is -3.51. The molecule has 2 N–H and O–H groups in total. The summed E-state index contributed by atoms with van der Waals surface area (Å²) in [5.74, 6) is 0.158. The Morgan fingerprint density at radius 3 is 2.32 bits per heavy atom. The molecule has 0 saturated carbocycles. The molecule has 5 heteroatoms. The number of nitrogens with one attached hydrogen (secondary N) is 1. The van der Waals surface area contributed by atoms with Crippen LogP contribution in [0.5, 0.6) is 5.75 Å². The van der Waals surface area contributed by atoms with Gasteiger partial charge < -0.3 is 5.11 Å². The second kappa shape index (κ2) is 5.42. The van der Waals surface area contributed by atoms with Crippen LogP contribution >= 0.6 is 0 Å². The monoisotopic (exact) mass is 277 g/mol. The molecule has 2 aromatic rings. The highest BCUT2D eigenvalue weighted by atomic mass is 32.2. The fourth-order valence-electron chi connectivity index (χ4n) is 1.73. The minimum Gasteiger partial charge on any atom is -0.508 e. The lowest BCUT2D eigenvalue weighted by atomic mass is 10.2. The van der Waals surface area contributed by atoms with Crippen LogP contribution in [-0.2, 0) is 16.6 Å². The molecule has 2 aromatic carbocycles. The van der Waals surface area contributed by atoms with Crippen molar-refractivity contribution < 1.29 is 13.5 Å². The Hall–Kier alpha value is -1.85. The lowest BCUT2D eigenvalue weighted by molar-refractivity contribution is 0.475. The normalized spacial score (nSPS) is 11.4. The molecule has 0 aliphatic rings. The van der Waals surface area contributed by atoms with Gasteiger partial charge in [0, 0.05) is 6.54 Å². The van der Waals surface area contributed by atoms with Crippen molar-refractivity contribution in [2.75, 3.05) is 0 Å². The van der Waals surface area contributed by atoms with Gasteiger partial charge in [0.15, 0.2) is 0 Å². The first-order valence-electron chi connectivity index (χ1n) is 5.82. The second-order valence-corrected chi connectivity index (χ2v) is 5.99. The van der Waals surface area contributed by atoms with E-state index in [4.69, 9.17) is 5.11 Å². The Morgan fingerprint density at radius 2 is 1.68 bits per heavy atom. The maximum atomic E-state index is 12.1. The molecule has 0 heterocycles. The Labute approximate surface area is 112 Å². The van der Waals surface area contributed by atoms with Gasteiger partial charge in [0.25, 0.3) is 0 Å². The standard InChI is InChI=1S/C14H15NO3S/c1-11-4-2-3-5-14(11)19(17,18)15-10-12-6-8-13(16)9-7-12/h2-9,15-16H,10H2,1H3. The van der Waals surface area contributed by atoms with Gasteiger partial charge >= 0.3 is 0 Å². The maximum absolute atomic E-state index is 12.1. The third-order valence-corrected chi connectivity index (χ3v) is 4.35. The molecule has 0 spiro atoms. The van der Waals surface area contributed by atoms with Crippen molar-refractivity contribution in [3.8, 4) is 5.75 Å². The first-order valence-corrected chi connectivity index (χ1v) is 7.30. The van der Waals surface area contributed by atoms with Gasteiger partial charge in [-0.05, 0) is 36.2 Å². The Bertz CT molecular complexity index is 663. The van der Waals surface area contributed by atoms with Crippen LogP contribution in [0, 0.1) is 6.92 Å². The van der Waals surface area contributed by atoms with E-state index in [0.717, 1.165) is 5.56 Å². The molecule has 0 aromatic heterocycles. The fourth-order valence-corrected chi connectivity index (χ4v) is 2.99. The zero-order chi connectivity index (χ0) is 13.9. The average molecular weight is 277 g/mol. The Kier molecular flexibility index (Phi) is 3.87. The van der Waals surface area contributed by atoms with Gasteiger partial charge in [-0.25, -0.2) is 13.1 Å². The number of hydrogen-bond donors (Lipinski definition) is 2. The van der Waals surface area contributed by atoms with E-state index in [1.165, 1.54) is 12.1 Å². The van der Waals surface area contributed by atoms with E-state index in [-0.39, 0.29) is 17.2 Å². The molecular weight excluding hydrogens is 262 g/mol. The number of aryl methyl sites for hydroxylation is 1. The SMILES string of the molecule is Cc1ccccc1S(=O)(=O)NCc1ccc(O)cc1. The van der Waals surface area contributed by atoms with E-state index in [1.807, 2.05) is 0 Å². The number of phenolic OH excluding ortho intramolecular Hbond substituents is 1. The predicted molar refractivity (Wildman–Crippen MR) is 73.3 cm³/mol. The molecule has 0 atom stereocenters. The summed E-state index contributed by atoms with van der Waals surface area (Å²) < 4.78 is 26.8. The van der Waals surface area contributed by atoms with Gasteiger partial charge in [0.1, 0.15) is 5.75 Å². The van der Waals surface area contributed by atoms with Crippen molar-refractivity contribution in [2.24, 2.45) is 0 Å². The van der Waals surface area contributed by atoms with Crippen molar-refractivity contribution in [2.45, 2.75) is 18.4 Å². The topological polar surface area (TPSA) is 66.4 Å². The third-order valence-electron chi connectivity index (χ3n) is 2.79. The summed E-state index contributed by atoms with van der Waals surface area (Å²) in [6, 6.07) is 13.2. The van der Waals surface area contributed by atoms with E-state index in [2.05, 4.69) is 4.72 Å². The van der Waals surface area contributed by atoms with E-state index in [9.17, 15) is 8.42 Å². The fraction of sp³-hybridized carbons (Fsp3) is 0.143. The molecule has 2 rings (SSSR count). The highest BCUT2D eigenvalue weighted by Crippen LogP contribution is 2.15. The largest absolute Gasteiger partial charge is 0.508 e. The van der Waals surface area contributed by atoms with Crippen molar-refractivity contribution in [1.82, 2.24) is 4.72 Å². The Morgan fingerprint density at radius 1 is 1.05 bits per heavy atom. The molecule has 0 bridgehead atoms. The van der Waals surface area contributed by atoms with Crippen molar-refractivity contribution in [3.05, 3.63) is 59.7 Å². The van der Waals surface area contributed by atoms with Gasteiger partial charge in [-0.3, -0.25) is 0 Å². The van der Waals surface area contributed by atoms with Crippen LogP contribution in [0.1, 0.15) is 11.1 Å². The van der Waals surface area contributed by atoms with Crippen LogP contribution in [0.25, 0.3) is 0 Å². The summed E-state index contributed by atoms with van der Waals surface area (Å²) in [6.07, 6.45) is 0. The number of rotatable bonds is 4. The highest BCUT2D eigenvalue weighted by molar-refractivity contribution is 7.89. The molecule has 0 saturated heterocycles. The van der Waals surface area contributed by atoms with Crippen LogP contribution in [0.2, 0.25) is 0 Å². The zero-order valence-corrected chi connectivity index (χ0v) is 11.3. The van der Waals surface area contributed by atoms with Gasteiger partial charge in [0.2, 0.25) is 10.0 Å². The molecule has 19 heavy (non-hydrogen) atoms. The lowest BCUT2D eigenvalue weighted by Gasteiger charge is -2.09. The van der Waals surface area contributed by atoms with Gasteiger partial charge in [0.05, 0.1) is 4.90 Å². The highest BCUT2D eigenvalue weighted by Gasteiger charge is 2.15. The molecule has 0 radical (unpaired) electrons. The molecule has 0 unspecified atom stereocenters. The van der Waals surface area contributed by atoms with E-state index >= 15 is 0 Å². The van der Waals surface area contributed by atoms with Crippen LogP contribution < -0.4 is 4.72 Å². The molecule has 0 fully saturated rings. The summed E-state index contributed by atoms with van der Waals surface area (Å²) in [5, 5.41) is 9.16. The number of hydrogen-bond acceptors (Lipinski definition) is 3. The lowest BCUT2D eigenvalue weighted by Crippen LogP contribution is -2.23. The maximum Gasteiger partial charge on any atom is 0.241 e. The van der Waals surface area contributed by atoms with Gasteiger partial charge in [-0.1, -0.05) is 30.3 Å². The Balaban J connectivity index is 2.14. The summed E-state index contributed by atoms with van der Waals surface area (Å²) in [4.78, 5) is 0.286. The van der Waals surface area contributed by atoms with Crippen molar-refractivity contribution >= 4 is 10.0 Å². The zero-order valence-electron chi connectivity index (χ0n) is 10.5. The van der Waals surface area contributed by atoms with E-state index < -0.39 is 10.0 Å². The van der Waals surface area contributed by atoms with Gasteiger partial charge in [-0.15, -0.1) is 0 Å². The number of phenols is 1. The molecular formula is C14H15NO3S. The van der Waals surface area contributed by atoms with Crippen molar-refractivity contribution in [3.63, 3.8) is 0 Å². The average Bonchev–Trinajstić information content (AvgIpc) is 2.38. The van der Waals surface area contributed by atoms with Crippen LogP contribution in [0.3, 0.4) is 0 Å². The number of sulfonamides is 1. The molecule has 0 aliphatic carbocycles. The number of aromatic hydroxyl groups is 1. The smallest absolute Gasteiger partial charge is 0.241 e. The summed E-state index contributed by atoms with van der Waals surface area (Å²) >= 11 is 0. The quantitative estimate of drug-likeness (QED) is 0.900. The molecule has 4 nitrogen and oxygen atoms in total. The van der Waals surface area contributed by atoms with E-state index in [1.54, 1.807) is 43.3 Å². The molecule has 0 aliphatic heterocycles. The van der Waals surface area contributed by atoms with Crippen LogP contribution in [0.15, 0.2) is 53.4 Å². The van der Waals surface area contributed by atoms with Crippen molar-refractivity contribution in [1.29, 1.82) is 0 Å². The minimum absolute atomic E-state index is 0.158. The van der Waals surface area contributed by atoms with Gasteiger partial charge in [-0.2, -0.15) is 0 Å². The second-order valence-electron chi connectivity index (χ2n) is 4.26. The van der Waals surface area contributed by atoms with E-state index in [0.29, 0.717) is 5.56 Å². The summed E-state index contributed by atoms with van der Waals surface area (Å²) in [5.41, 5.74) is 1.50. The summed E-state index contributed by atoms with van der Waals surface area (Å²) in [7, 11) is -3.51. The first-order chi connectivity index (χ1) is 8.99.